The molecule has 2 heterocycles. The molecule has 152 valence electrons. The summed E-state index contributed by atoms with van der Waals surface area (Å²) in [6.45, 7) is 1.32. The van der Waals surface area contributed by atoms with Crippen molar-refractivity contribution < 1.29 is 29.3 Å². The van der Waals surface area contributed by atoms with Crippen LogP contribution >= 0.6 is 0 Å². The SMILES string of the molecule is CCC(=O)c1ccc(Cn2c3c(c(O)c(C(=O)NCC(=O)O)c2=O)COC3)cc1. The average molecular weight is 400 g/mol. The number of fused-ring (bicyclic) bond motifs is 1. The maximum atomic E-state index is 12.9. The Hall–Kier alpha value is -3.46. The Morgan fingerprint density at radius 2 is 1.86 bits per heavy atom. The Bertz CT molecular complexity index is 1040. The Balaban J connectivity index is 2.00. The van der Waals surface area contributed by atoms with Gasteiger partial charge < -0.3 is 24.8 Å². The number of amides is 1. The molecular formula is C20H20N2O7. The predicted octanol–water partition coefficient (Wildman–Crippen LogP) is 1.04. The molecule has 0 atom stereocenters. The van der Waals surface area contributed by atoms with E-state index in [2.05, 4.69) is 5.32 Å². The van der Waals surface area contributed by atoms with Crippen molar-refractivity contribution in [3.63, 3.8) is 0 Å². The normalized spacial score (nSPS) is 12.4. The van der Waals surface area contributed by atoms with Crippen LogP contribution in [0.1, 0.15) is 50.9 Å². The van der Waals surface area contributed by atoms with E-state index in [1.165, 1.54) is 4.57 Å². The molecule has 0 aliphatic carbocycles. The summed E-state index contributed by atoms with van der Waals surface area (Å²) >= 11 is 0. The van der Waals surface area contributed by atoms with E-state index in [4.69, 9.17) is 9.84 Å². The number of Topliss-reactive ketones (excluding diaryl/α,β-unsaturated/α-hetero) is 1. The van der Waals surface area contributed by atoms with Crippen LogP contribution in [0.5, 0.6) is 5.75 Å². The highest BCUT2D eigenvalue weighted by Gasteiger charge is 2.29. The van der Waals surface area contributed by atoms with Gasteiger partial charge in [0.1, 0.15) is 17.9 Å². The lowest BCUT2D eigenvalue weighted by molar-refractivity contribution is -0.135. The molecule has 0 fully saturated rings. The Morgan fingerprint density at radius 1 is 1.17 bits per heavy atom. The monoisotopic (exact) mass is 400 g/mol. The number of aromatic nitrogens is 1. The number of hydrogen-bond acceptors (Lipinski definition) is 6. The molecule has 1 aromatic carbocycles. The molecule has 0 unspecified atom stereocenters. The lowest BCUT2D eigenvalue weighted by Crippen LogP contribution is -2.37. The Morgan fingerprint density at radius 3 is 2.48 bits per heavy atom. The van der Waals surface area contributed by atoms with Crippen LogP contribution in [-0.2, 0) is 29.3 Å². The van der Waals surface area contributed by atoms with Crippen LogP contribution in [0.15, 0.2) is 29.1 Å². The van der Waals surface area contributed by atoms with Crippen molar-refractivity contribution >= 4 is 17.7 Å². The number of nitrogens with one attached hydrogen (secondary N) is 1. The summed E-state index contributed by atoms with van der Waals surface area (Å²) in [5, 5.41) is 21.2. The van der Waals surface area contributed by atoms with E-state index in [9.17, 15) is 24.3 Å². The first-order valence-corrected chi connectivity index (χ1v) is 9.00. The van der Waals surface area contributed by atoms with Crippen molar-refractivity contribution in [3.8, 4) is 5.75 Å². The maximum absolute atomic E-state index is 12.9. The van der Waals surface area contributed by atoms with E-state index in [-0.39, 0.29) is 25.5 Å². The fraction of sp³-hybridized carbons (Fsp3) is 0.300. The van der Waals surface area contributed by atoms with E-state index in [1.54, 1.807) is 31.2 Å². The van der Waals surface area contributed by atoms with Crippen molar-refractivity contribution in [2.75, 3.05) is 6.54 Å². The van der Waals surface area contributed by atoms with Gasteiger partial charge in [0.2, 0.25) is 0 Å². The molecule has 0 spiro atoms. The molecule has 29 heavy (non-hydrogen) atoms. The van der Waals surface area contributed by atoms with Crippen LogP contribution in [0.25, 0.3) is 0 Å². The molecule has 3 rings (SSSR count). The van der Waals surface area contributed by atoms with Crippen LogP contribution < -0.4 is 10.9 Å². The number of carbonyl (C=O) groups is 3. The Labute approximate surface area is 165 Å². The smallest absolute Gasteiger partial charge is 0.322 e. The number of carboxylic acid groups (broad SMARTS) is 1. The van der Waals surface area contributed by atoms with Crippen LogP contribution in [-0.4, -0.2) is 39.0 Å². The highest BCUT2D eigenvalue weighted by molar-refractivity contribution is 5.98. The maximum Gasteiger partial charge on any atom is 0.322 e. The number of ether oxygens (including phenoxy) is 1. The fourth-order valence-electron chi connectivity index (χ4n) is 3.17. The third-order valence-corrected chi connectivity index (χ3v) is 4.71. The van der Waals surface area contributed by atoms with Gasteiger partial charge in [0.15, 0.2) is 5.78 Å². The van der Waals surface area contributed by atoms with E-state index in [1.807, 2.05) is 0 Å². The fourth-order valence-corrected chi connectivity index (χ4v) is 3.17. The lowest BCUT2D eigenvalue weighted by Gasteiger charge is -2.15. The standard InChI is InChI=1S/C20H20N2O7/c1-2-15(23)12-5-3-11(4-6-12)8-22-14-10-29-9-13(14)18(26)17(20(22)28)19(27)21-7-16(24)25/h3-6,26H,2,7-10H2,1H3,(H,21,27)(H,24,25). The van der Waals surface area contributed by atoms with Gasteiger partial charge in [-0.1, -0.05) is 31.2 Å². The zero-order valence-electron chi connectivity index (χ0n) is 15.7. The molecule has 1 aliphatic rings. The number of aliphatic carboxylic acids is 1. The quantitative estimate of drug-likeness (QED) is 0.591. The first-order chi connectivity index (χ1) is 13.8. The number of nitrogens with zero attached hydrogens (tertiary/aromatic N) is 1. The van der Waals surface area contributed by atoms with Gasteiger partial charge in [-0.3, -0.25) is 19.2 Å². The summed E-state index contributed by atoms with van der Waals surface area (Å²) in [7, 11) is 0. The summed E-state index contributed by atoms with van der Waals surface area (Å²) in [6.07, 6.45) is 0.385. The topological polar surface area (TPSA) is 135 Å². The molecule has 2 aromatic rings. The molecule has 0 saturated heterocycles. The second-order valence-electron chi connectivity index (χ2n) is 6.58. The summed E-state index contributed by atoms with van der Waals surface area (Å²) < 4.78 is 6.66. The van der Waals surface area contributed by atoms with Gasteiger partial charge in [-0.15, -0.1) is 0 Å². The minimum Gasteiger partial charge on any atom is -0.506 e. The first-order valence-electron chi connectivity index (χ1n) is 9.00. The van der Waals surface area contributed by atoms with Crippen LogP contribution in [0.2, 0.25) is 0 Å². The van der Waals surface area contributed by atoms with Crippen LogP contribution in [0, 0.1) is 0 Å². The molecular weight excluding hydrogens is 380 g/mol. The minimum atomic E-state index is -1.27. The zero-order valence-corrected chi connectivity index (χ0v) is 15.7. The molecule has 0 bridgehead atoms. The summed E-state index contributed by atoms with van der Waals surface area (Å²) in [5.41, 5.74) is 0.795. The van der Waals surface area contributed by atoms with Crippen molar-refractivity contribution in [1.82, 2.24) is 9.88 Å². The number of hydrogen-bond donors (Lipinski definition) is 3. The number of pyridine rings is 1. The second kappa shape index (κ2) is 8.27. The third kappa shape index (κ3) is 4.04. The average Bonchev–Trinajstić information content (AvgIpc) is 3.19. The van der Waals surface area contributed by atoms with Crippen LogP contribution in [0.4, 0.5) is 0 Å². The van der Waals surface area contributed by atoms with Gasteiger partial charge in [-0.25, -0.2) is 0 Å². The molecule has 1 aromatic heterocycles. The number of benzene rings is 1. The molecule has 9 nitrogen and oxygen atoms in total. The predicted molar refractivity (Wildman–Crippen MR) is 101 cm³/mol. The van der Waals surface area contributed by atoms with Gasteiger partial charge in [0.05, 0.1) is 25.5 Å². The number of rotatable bonds is 7. The first kappa shape index (κ1) is 20.3. The van der Waals surface area contributed by atoms with E-state index >= 15 is 0 Å². The van der Waals surface area contributed by atoms with Crippen molar-refractivity contribution in [3.05, 3.63) is 62.6 Å². The molecule has 9 heteroatoms. The van der Waals surface area contributed by atoms with Gasteiger partial charge >= 0.3 is 5.97 Å². The third-order valence-electron chi connectivity index (χ3n) is 4.71. The lowest BCUT2D eigenvalue weighted by atomic mass is 10.1. The van der Waals surface area contributed by atoms with E-state index in [0.717, 1.165) is 5.56 Å². The largest absolute Gasteiger partial charge is 0.506 e. The molecule has 3 N–H and O–H groups in total. The Kier molecular flexibility index (Phi) is 5.79. The summed E-state index contributed by atoms with van der Waals surface area (Å²) in [5.74, 6) is -2.73. The highest BCUT2D eigenvalue weighted by Crippen LogP contribution is 2.30. The molecule has 0 radical (unpaired) electrons. The number of carboxylic acids is 1. The second-order valence-corrected chi connectivity index (χ2v) is 6.58. The van der Waals surface area contributed by atoms with Crippen LogP contribution in [0.3, 0.4) is 0 Å². The molecule has 0 saturated carbocycles. The van der Waals surface area contributed by atoms with Crippen molar-refractivity contribution in [2.24, 2.45) is 0 Å². The van der Waals surface area contributed by atoms with Gasteiger partial charge in [0, 0.05) is 17.5 Å². The van der Waals surface area contributed by atoms with Gasteiger partial charge in [-0.2, -0.15) is 0 Å². The van der Waals surface area contributed by atoms with Gasteiger partial charge in [-0.05, 0) is 5.56 Å². The summed E-state index contributed by atoms with van der Waals surface area (Å²) in [6, 6.07) is 6.77. The number of carbonyl (C=O) groups excluding carboxylic acids is 2. The highest BCUT2D eigenvalue weighted by atomic mass is 16.5. The number of aromatic hydroxyl groups is 1. The number of ketones is 1. The van der Waals surface area contributed by atoms with E-state index in [0.29, 0.717) is 23.2 Å². The molecule has 1 aliphatic heterocycles. The molecule has 1 amide bonds. The zero-order chi connectivity index (χ0) is 21.1. The van der Waals surface area contributed by atoms with Gasteiger partial charge in [0.25, 0.3) is 11.5 Å². The summed E-state index contributed by atoms with van der Waals surface area (Å²) in [4.78, 5) is 47.7. The van der Waals surface area contributed by atoms with Crippen molar-refractivity contribution in [2.45, 2.75) is 33.1 Å². The van der Waals surface area contributed by atoms with Crippen molar-refractivity contribution in [1.29, 1.82) is 0 Å². The van der Waals surface area contributed by atoms with E-state index < -0.39 is 35.3 Å². The minimum absolute atomic E-state index is 0.00466.